The van der Waals surface area contributed by atoms with Gasteiger partial charge in [0.1, 0.15) is 0 Å². The molecule has 1 aromatic carbocycles. The van der Waals surface area contributed by atoms with Gasteiger partial charge in [-0.3, -0.25) is 19.7 Å². The lowest BCUT2D eigenvalue weighted by Crippen LogP contribution is -2.02. The molecule has 0 aliphatic heterocycles. The first-order chi connectivity index (χ1) is 6.97. The first kappa shape index (κ1) is 11.5. The second kappa shape index (κ2) is 4.31. The smallest absolute Gasteiger partial charge is 0.271 e. The highest BCUT2D eigenvalue weighted by Gasteiger charge is 2.17. The molecule has 0 unspecified atom stereocenters. The zero-order valence-electron chi connectivity index (χ0n) is 7.69. The predicted molar refractivity (Wildman–Crippen MR) is 56.2 cm³/mol. The highest BCUT2D eigenvalue weighted by atomic mass is 79.9. The summed E-state index contributed by atoms with van der Waals surface area (Å²) in [5.74, 6) is -0.387. The fourth-order valence-corrected chi connectivity index (χ4v) is 1.66. The van der Waals surface area contributed by atoms with Crippen LogP contribution in [0.5, 0.6) is 0 Å². The second-order valence-corrected chi connectivity index (χ2v) is 3.67. The van der Waals surface area contributed by atoms with Gasteiger partial charge in [0.05, 0.1) is 4.92 Å². The topological polar surface area (TPSA) is 77.3 Å². The van der Waals surface area contributed by atoms with Crippen molar-refractivity contribution in [3.8, 4) is 0 Å². The molecule has 5 nitrogen and oxygen atoms in total. The quantitative estimate of drug-likeness (QED) is 0.366. The molecule has 0 fully saturated rings. The lowest BCUT2D eigenvalue weighted by molar-refractivity contribution is -0.385. The summed E-state index contributed by atoms with van der Waals surface area (Å²) in [6.07, 6.45) is 0.491. The van der Waals surface area contributed by atoms with Gasteiger partial charge in [-0.2, -0.15) is 0 Å². The van der Waals surface area contributed by atoms with Crippen molar-refractivity contribution in [2.24, 2.45) is 0 Å². The molecule has 0 saturated heterocycles. The molecule has 1 aromatic rings. The number of nitro benzene ring substituents is 1. The largest absolute Gasteiger partial charge is 0.298 e. The molecular weight excluding hydrogens is 266 g/mol. The van der Waals surface area contributed by atoms with E-state index in [0.29, 0.717) is 6.29 Å². The summed E-state index contributed by atoms with van der Waals surface area (Å²) in [5.41, 5.74) is -0.0446. The van der Waals surface area contributed by atoms with E-state index in [1.54, 1.807) is 0 Å². The summed E-state index contributed by atoms with van der Waals surface area (Å²) in [7, 11) is 0. The van der Waals surface area contributed by atoms with Crippen molar-refractivity contribution in [3.05, 3.63) is 37.8 Å². The Morgan fingerprint density at radius 1 is 1.53 bits per heavy atom. The van der Waals surface area contributed by atoms with Crippen LogP contribution in [0, 0.1) is 10.1 Å². The number of halogens is 1. The number of nitro groups is 1. The summed E-state index contributed by atoms with van der Waals surface area (Å²) in [4.78, 5) is 31.7. The Balaban J connectivity index is 3.52. The minimum atomic E-state index is -0.619. The monoisotopic (exact) mass is 271 g/mol. The SMILES string of the molecule is CC(=O)c1cc([N+](=O)[O-])cc(Br)c1C=O. The van der Waals surface area contributed by atoms with Gasteiger partial charge in [-0.1, -0.05) is 0 Å². The maximum absolute atomic E-state index is 11.1. The third-order valence-corrected chi connectivity index (χ3v) is 2.48. The van der Waals surface area contributed by atoms with Crippen molar-refractivity contribution in [1.29, 1.82) is 0 Å². The van der Waals surface area contributed by atoms with Gasteiger partial charge in [0, 0.05) is 27.7 Å². The maximum atomic E-state index is 11.1. The molecule has 78 valence electrons. The van der Waals surface area contributed by atoms with Gasteiger partial charge in [-0.05, 0) is 22.9 Å². The van der Waals surface area contributed by atoms with Crippen LogP contribution in [0.3, 0.4) is 0 Å². The number of carbonyl (C=O) groups is 2. The molecule has 0 aliphatic rings. The van der Waals surface area contributed by atoms with Crippen LogP contribution in [-0.2, 0) is 0 Å². The number of hydrogen-bond acceptors (Lipinski definition) is 4. The van der Waals surface area contributed by atoms with E-state index >= 15 is 0 Å². The number of non-ortho nitro benzene ring substituents is 1. The zero-order valence-corrected chi connectivity index (χ0v) is 9.28. The van der Waals surface area contributed by atoms with Crippen molar-refractivity contribution >= 4 is 33.7 Å². The van der Waals surface area contributed by atoms with E-state index in [0.717, 1.165) is 6.07 Å². The number of ketones is 1. The molecule has 15 heavy (non-hydrogen) atoms. The number of benzene rings is 1. The third kappa shape index (κ3) is 2.27. The predicted octanol–water partition coefficient (Wildman–Crippen LogP) is 2.37. The van der Waals surface area contributed by atoms with Crippen LogP contribution < -0.4 is 0 Å². The van der Waals surface area contributed by atoms with E-state index in [4.69, 9.17) is 0 Å². The Bertz CT molecular complexity index is 456. The summed E-state index contributed by atoms with van der Waals surface area (Å²) >= 11 is 3.01. The Morgan fingerprint density at radius 3 is 2.53 bits per heavy atom. The summed E-state index contributed by atoms with van der Waals surface area (Å²) in [6, 6.07) is 2.28. The molecular formula is C9H6BrNO4. The van der Waals surface area contributed by atoms with Crippen molar-refractivity contribution in [1.82, 2.24) is 0 Å². The molecule has 0 radical (unpaired) electrons. The number of hydrogen-bond donors (Lipinski definition) is 0. The Hall–Kier alpha value is -1.56. The average Bonchev–Trinajstić information content (AvgIpc) is 2.16. The minimum Gasteiger partial charge on any atom is -0.298 e. The van der Waals surface area contributed by atoms with Gasteiger partial charge in [-0.15, -0.1) is 0 Å². The van der Waals surface area contributed by atoms with Crippen LogP contribution in [0.25, 0.3) is 0 Å². The molecule has 1 rings (SSSR count). The molecule has 0 aliphatic carbocycles. The van der Waals surface area contributed by atoms with Crippen molar-refractivity contribution < 1.29 is 14.5 Å². The van der Waals surface area contributed by atoms with E-state index in [2.05, 4.69) is 15.9 Å². The van der Waals surface area contributed by atoms with Crippen LogP contribution in [-0.4, -0.2) is 17.0 Å². The molecule has 0 atom stereocenters. The molecule has 0 aromatic heterocycles. The summed E-state index contributed by atoms with van der Waals surface area (Å²) in [6.45, 7) is 1.25. The highest BCUT2D eigenvalue weighted by molar-refractivity contribution is 9.10. The lowest BCUT2D eigenvalue weighted by atomic mass is 10.0. The van der Waals surface area contributed by atoms with Crippen molar-refractivity contribution in [2.75, 3.05) is 0 Å². The highest BCUT2D eigenvalue weighted by Crippen LogP contribution is 2.26. The van der Waals surface area contributed by atoms with Crippen LogP contribution in [0.15, 0.2) is 16.6 Å². The Morgan fingerprint density at radius 2 is 2.13 bits per heavy atom. The standard InChI is InChI=1S/C9H6BrNO4/c1-5(13)7-2-6(11(14)15)3-9(10)8(7)4-12/h2-4H,1H3. The van der Waals surface area contributed by atoms with Crippen LogP contribution >= 0.6 is 15.9 Å². The van der Waals surface area contributed by atoms with Crippen LogP contribution in [0.2, 0.25) is 0 Å². The molecule has 0 amide bonds. The average molecular weight is 272 g/mol. The maximum Gasteiger partial charge on any atom is 0.271 e. The molecule has 6 heteroatoms. The number of Topliss-reactive ketones (excluding diaryl/α,β-unsaturated/α-hetero) is 1. The minimum absolute atomic E-state index is 0.0473. The number of nitrogens with zero attached hydrogens (tertiary/aromatic N) is 1. The van der Waals surface area contributed by atoms with Gasteiger partial charge in [-0.25, -0.2) is 0 Å². The summed E-state index contributed by atoms with van der Waals surface area (Å²) < 4.78 is 0.247. The van der Waals surface area contributed by atoms with Crippen molar-refractivity contribution in [2.45, 2.75) is 6.92 Å². The molecule has 0 bridgehead atoms. The fourth-order valence-electron chi connectivity index (χ4n) is 1.12. The van der Waals surface area contributed by atoms with Gasteiger partial charge in [0.15, 0.2) is 12.1 Å². The first-order valence-electron chi connectivity index (χ1n) is 3.91. The molecule has 0 spiro atoms. The molecule has 0 saturated carbocycles. The molecule has 0 heterocycles. The third-order valence-electron chi connectivity index (χ3n) is 1.82. The number of rotatable bonds is 3. The lowest BCUT2D eigenvalue weighted by Gasteiger charge is -2.02. The van der Waals surface area contributed by atoms with Gasteiger partial charge in [0.2, 0.25) is 0 Å². The molecule has 0 N–H and O–H groups in total. The first-order valence-corrected chi connectivity index (χ1v) is 4.70. The normalized spacial score (nSPS) is 9.73. The van der Waals surface area contributed by atoms with Crippen LogP contribution in [0.4, 0.5) is 5.69 Å². The summed E-state index contributed by atoms with van der Waals surface area (Å²) in [5, 5.41) is 10.5. The van der Waals surface area contributed by atoms with E-state index < -0.39 is 4.92 Å². The van der Waals surface area contributed by atoms with Gasteiger partial charge < -0.3 is 0 Å². The van der Waals surface area contributed by atoms with Gasteiger partial charge >= 0.3 is 0 Å². The van der Waals surface area contributed by atoms with Crippen molar-refractivity contribution in [3.63, 3.8) is 0 Å². The Kier molecular flexibility index (Phi) is 3.31. The Labute approximate surface area is 93.4 Å². The van der Waals surface area contributed by atoms with Crippen LogP contribution in [0.1, 0.15) is 27.6 Å². The van der Waals surface area contributed by atoms with E-state index in [1.807, 2.05) is 0 Å². The zero-order chi connectivity index (χ0) is 11.6. The van der Waals surface area contributed by atoms with E-state index in [-0.39, 0.29) is 27.1 Å². The number of carbonyl (C=O) groups excluding carboxylic acids is 2. The fraction of sp³-hybridized carbons (Fsp3) is 0.111. The van der Waals surface area contributed by atoms with E-state index in [9.17, 15) is 19.7 Å². The van der Waals surface area contributed by atoms with Gasteiger partial charge in [0.25, 0.3) is 5.69 Å². The number of aldehydes is 1. The second-order valence-electron chi connectivity index (χ2n) is 2.82. The van der Waals surface area contributed by atoms with E-state index in [1.165, 1.54) is 13.0 Å².